The third kappa shape index (κ3) is 15.5. The molecule has 0 unspecified atom stereocenters. The molecule has 254 valence electrons. The Morgan fingerprint density at radius 3 is 1.80 bits per heavy atom. The molecule has 0 atom stereocenters. The molecule has 0 heterocycles. The van der Waals surface area contributed by atoms with E-state index in [0.717, 1.165) is 50.5 Å². The zero-order chi connectivity index (χ0) is 34.3. The lowest BCUT2D eigenvalue weighted by atomic mass is 9.94. The zero-order valence-corrected chi connectivity index (χ0v) is 29.3. The second-order valence-corrected chi connectivity index (χ2v) is 13.9. The van der Waals surface area contributed by atoms with Crippen LogP contribution in [0.2, 0.25) is 0 Å². The minimum absolute atomic E-state index is 0.188. The summed E-state index contributed by atoms with van der Waals surface area (Å²) in [5, 5.41) is 8.99. The Balaban J connectivity index is 0.000000277. The maximum Gasteiger partial charge on any atom is 0.410 e. The summed E-state index contributed by atoms with van der Waals surface area (Å²) in [6, 6.07) is 17.6. The van der Waals surface area contributed by atoms with Crippen LogP contribution < -0.4 is 0 Å². The highest BCUT2D eigenvalue weighted by Crippen LogP contribution is 2.27. The summed E-state index contributed by atoms with van der Waals surface area (Å²) < 4.78 is 10.8. The van der Waals surface area contributed by atoms with Crippen LogP contribution >= 0.6 is 0 Å². The number of ether oxygens (including phenoxy) is 2. The van der Waals surface area contributed by atoms with E-state index in [1.807, 2.05) is 47.6 Å². The first-order chi connectivity index (χ1) is 21.6. The maximum absolute atomic E-state index is 12.6. The Hall–Kier alpha value is -3.81. The van der Waals surface area contributed by atoms with Crippen molar-refractivity contribution in [3.8, 4) is 0 Å². The molecule has 2 aliphatic carbocycles. The van der Waals surface area contributed by atoms with Crippen molar-refractivity contribution in [2.24, 2.45) is 0 Å². The van der Waals surface area contributed by atoms with Crippen LogP contribution in [0.4, 0.5) is 9.59 Å². The van der Waals surface area contributed by atoms with Crippen LogP contribution in [-0.4, -0.2) is 63.4 Å². The fourth-order valence-electron chi connectivity index (χ4n) is 4.77. The van der Waals surface area contributed by atoms with E-state index in [9.17, 15) is 14.4 Å². The van der Waals surface area contributed by atoms with Crippen LogP contribution in [0.3, 0.4) is 0 Å². The standard InChI is InChI=1S/C19H27NO4.C10H12.C9H17NO2/c1-19(2,3)24-18(23)20(16-7-5-4-6-8-16)13-14-9-11-15(12-10-14)17(21)22;1-2-3-7-10-8-5-4-6-9-10;1-9(2,3)12-8(11)10(4)7-5-6-7/h9-12,16H,4-8,13H2,1-3H3,(H,21,22);3-9H,2H2,1H3;7H,5-6H2,1-4H3/b;7-3-;. The molecule has 2 fully saturated rings. The molecule has 8 nitrogen and oxygen atoms in total. The lowest BCUT2D eigenvalue weighted by Gasteiger charge is -2.35. The van der Waals surface area contributed by atoms with Gasteiger partial charge < -0.3 is 24.4 Å². The molecule has 0 aliphatic heterocycles. The highest BCUT2D eigenvalue weighted by Gasteiger charge is 2.32. The van der Waals surface area contributed by atoms with Crippen LogP contribution in [0.15, 0.2) is 60.7 Å². The van der Waals surface area contributed by atoms with Crippen molar-refractivity contribution in [3.63, 3.8) is 0 Å². The Bertz CT molecular complexity index is 1230. The Kier molecular flexibility index (Phi) is 15.3. The molecule has 2 amide bonds. The molecular weight excluding hydrogens is 580 g/mol. The minimum Gasteiger partial charge on any atom is -0.478 e. The number of hydrogen-bond donors (Lipinski definition) is 1. The van der Waals surface area contributed by atoms with Crippen molar-refractivity contribution in [2.75, 3.05) is 7.05 Å². The zero-order valence-electron chi connectivity index (χ0n) is 29.3. The average Bonchev–Trinajstić information content (AvgIpc) is 3.84. The van der Waals surface area contributed by atoms with Crippen LogP contribution in [0, 0.1) is 0 Å². The van der Waals surface area contributed by atoms with Crippen molar-refractivity contribution < 1.29 is 29.0 Å². The van der Waals surface area contributed by atoms with Crippen LogP contribution in [0.5, 0.6) is 0 Å². The van der Waals surface area contributed by atoms with Gasteiger partial charge in [-0.15, -0.1) is 0 Å². The number of nitrogens with zero attached hydrogens (tertiary/aromatic N) is 2. The molecule has 2 saturated carbocycles. The molecule has 1 N–H and O–H groups in total. The van der Waals surface area contributed by atoms with Gasteiger partial charge in [-0.25, -0.2) is 14.4 Å². The average molecular weight is 637 g/mol. The first-order valence-corrected chi connectivity index (χ1v) is 16.6. The molecule has 0 aromatic heterocycles. The molecule has 46 heavy (non-hydrogen) atoms. The molecule has 0 radical (unpaired) electrons. The number of aromatic carboxylic acids is 1. The second kappa shape index (κ2) is 18.4. The molecular formula is C38H56N2O6. The Morgan fingerprint density at radius 1 is 0.783 bits per heavy atom. The van der Waals surface area contributed by atoms with Crippen molar-refractivity contribution in [1.82, 2.24) is 9.80 Å². The number of benzene rings is 2. The third-order valence-electron chi connectivity index (χ3n) is 7.32. The minimum atomic E-state index is -0.946. The predicted octanol–water partition coefficient (Wildman–Crippen LogP) is 9.58. The van der Waals surface area contributed by atoms with Crippen molar-refractivity contribution in [2.45, 2.75) is 130 Å². The van der Waals surface area contributed by atoms with Gasteiger partial charge in [-0.05, 0) is 96.9 Å². The normalized spacial score (nSPS) is 15.0. The van der Waals surface area contributed by atoms with Crippen LogP contribution in [0.1, 0.15) is 121 Å². The summed E-state index contributed by atoms with van der Waals surface area (Å²) in [4.78, 5) is 38.4. The van der Waals surface area contributed by atoms with Gasteiger partial charge in [0.15, 0.2) is 0 Å². The van der Waals surface area contributed by atoms with Gasteiger partial charge in [0.1, 0.15) is 11.2 Å². The molecule has 0 saturated heterocycles. The number of amides is 2. The second-order valence-electron chi connectivity index (χ2n) is 13.9. The molecule has 2 aromatic rings. The van der Waals surface area contributed by atoms with Gasteiger partial charge in [0.05, 0.1) is 5.56 Å². The van der Waals surface area contributed by atoms with E-state index in [2.05, 4.69) is 43.3 Å². The summed E-state index contributed by atoms with van der Waals surface area (Å²) in [5.74, 6) is -0.946. The van der Waals surface area contributed by atoms with E-state index in [0.29, 0.717) is 12.6 Å². The molecule has 0 bridgehead atoms. The Labute approximate surface area is 276 Å². The number of allylic oxidation sites excluding steroid dienone is 1. The quantitative estimate of drug-likeness (QED) is 0.325. The van der Waals surface area contributed by atoms with Gasteiger partial charge in [0.2, 0.25) is 0 Å². The van der Waals surface area contributed by atoms with Gasteiger partial charge in [-0.3, -0.25) is 0 Å². The fourth-order valence-corrected chi connectivity index (χ4v) is 4.77. The fraction of sp³-hybridized carbons (Fsp3) is 0.553. The number of hydrogen-bond acceptors (Lipinski definition) is 5. The summed E-state index contributed by atoms with van der Waals surface area (Å²) in [6.07, 6.45) is 12.6. The number of rotatable bonds is 7. The topological polar surface area (TPSA) is 96.4 Å². The highest BCUT2D eigenvalue weighted by atomic mass is 16.6. The molecule has 2 aliphatic rings. The highest BCUT2D eigenvalue weighted by molar-refractivity contribution is 5.87. The lowest BCUT2D eigenvalue weighted by Crippen LogP contribution is -2.43. The van der Waals surface area contributed by atoms with Gasteiger partial charge >= 0.3 is 18.2 Å². The van der Waals surface area contributed by atoms with E-state index in [1.165, 1.54) is 12.0 Å². The van der Waals surface area contributed by atoms with E-state index in [4.69, 9.17) is 14.6 Å². The SMILES string of the molecule is CC(C)(C)OC(=O)N(Cc1ccc(C(=O)O)cc1)C1CCCCC1.CC/C=C\c1ccccc1.CN(C(=O)OC(C)(C)C)C1CC1. The summed E-state index contributed by atoms with van der Waals surface area (Å²) in [5.41, 5.74) is 1.54. The molecule has 0 spiro atoms. The van der Waals surface area contributed by atoms with E-state index in [-0.39, 0.29) is 29.4 Å². The van der Waals surface area contributed by atoms with Crippen molar-refractivity contribution in [1.29, 1.82) is 0 Å². The van der Waals surface area contributed by atoms with Gasteiger partial charge in [-0.2, -0.15) is 0 Å². The molecule has 2 aromatic carbocycles. The lowest BCUT2D eigenvalue weighted by molar-refractivity contribution is 0.00980. The monoisotopic (exact) mass is 636 g/mol. The largest absolute Gasteiger partial charge is 0.478 e. The number of carboxylic acid groups (broad SMARTS) is 1. The molecule has 8 heteroatoms. The van der Waals surface area contributed by atoms with Crippen molar-refractivity contribution in [3.05, 3.63) is 77.4 Å². The maximum atomic E-state index is 12.6. The summed E-state index contributed by atoms with van der Waals surface area (Å²) >= 11 is 0. The third-order valence-corrected chi connectivity index (χ3v) is 7.32. The van der Waals surface area contributed by atoms with E-state index in [1.54, 1.807) is 41.1 Å². The molecule has 4 rings (SSSR count). The van der Waals surface area contributed by atoms with Crippen LogP contribution in [0.25, 0.3) is 6.08 Å². The number of carbonyl (C=O) groups is 3. The van der Waals surface area contributed by atoms with E-state index < -0.39 is 11.6 Å². The van der Waals surface area contributed by atoms with Crippen molar-refractivity contribution >= 4 is 24.2 Å². The van der Waals surface area contributed by atoms with Gasteiger partial charge in [0, 0.05) is 25.7 Å². The number of carbonyl (C=O) groups excluding carboxylic acids is 2. The van der Waals surface area contributed by atoms with Gasteiger partial charge in [-0.1, -0.05) is 80.8 Å². The summed E-state index contributed by atoms with van der Waals surface area (Å²) in [7, 11) is 1.80. The van der Waals surface area contributed by atoms with Gasteiger partial charge in [0.25, 0.3) is 0 Å². The first-order valence-electron chi connectivity index (χ1n) is 16.6. The number of carboxylic acids is 1. The smallest absolute Gasteiger partial charge is 0.410 e. The predicted molar refractivity (Wildman–Crippen MR) is 185 cm³/mol. The summed E-state index contributed by atoms with van der Waals surface area (Å²) in [6.45, 7) is 13.8. The Morgan fingerprint density at radius 2 is 1.33 bits per heavy atom. The van der Waals surface area contributed by atoms with Crippen LogP contribution in [-0.2, 0) is 16.0 Å². The van der Waals surface area contributed by atoms with E-state index >= 15 is 0 Å². The first kappa shape index (κ1) is 38.4.